The summed E-state index contributed by atoms with van der Waals surface area (Å²) in [7, 11) is 0. The van der Waals surface area contributed by atoms with Gasteiger partial charge in [0.2, 0.25) is 0 Å². The molecule has 1 aliphatic carbocycles. The SMILES string of the molecule is CCOC(=O)N1CCN(C(=O)c2cnn(-c3ncc4c(n3)-c3ccccc3CC4)c2C)CC1. The van der Waals surface area contributed by atoms with Crippen LogP contribution in [0.2, 0.25) is 0 Å². The summed E-state index contributed by atoms with van der Waals surface area (Å²) >= 11 is 0. The predicted octanol–water partition coefficient (Wildman–Crippen LogP) is 2.65. The number of carbonyl (C=O) groups is 2. The second-order valence-corrected chi connectivity index (χ2v) is 8.23. The molecule has 0 bridgehead atoms. The fourth-order valence-corrected chi connectivity index (χ4v) is 4.45. The van der Waals surface area contributed by atoms with Crippen molar-refractivity contribution in [3.8, 4) is 17.2 Å². The van der Waals surface area contributed by atoms with Gasteiger partial charge >= 0.3 is 6.09 Å². The molecule has 1 saturated heterocycles. The van der Waals surface area contributed by atoms with Crippen LogP contribution in [0, 0.1) is 6.92 Å². The van der Waals surface area contributed by atoms with Gasteiger partial charge < -0.3 is 14.5 Å². The van der Waals surface area contributed by atoms with Crippen molar-refractivity contribution < 1.29 is 14.3 Å². The molecule has 3 heterocycles. The third kappa shape index (κ3) is 3.83. The highest BCUT2D eigenvalue weighted by Crippen LogP contribution is 2.31. The minimum absolute atomic E-state index is 0.106. The molecule has 33 heavy (non-hydrogen) atoms. The number of piperazine rings is 1. The average Bonchev–Trinajstić information content (AvgIpc) is 3.24. The van der Waals surface area contributed by atoms with Crippen molar-refractivity contribution in [1.29, 1.82) is 0 Å². The van der Waals surface area contributed by atoms with Gasteiger partial charge in [-0.25, -0.2) is 19.4 Å². The number of rotatable bonds is 3. The molecule has 2 amide bonds. The van der Waals surface area contributed by atoms with E-state index in [9.17, 15) is 9.59 Å². The van der Waals surface area contributed by atoms with E-state index in [-0.39, 0.29) is 12.0 Å². The van der Waals surface area contributed by atoms with Gasteiger partial charge in [0.05, 0.1) is 29.8 Å². The van der Waals surface area contributed by atoms with Crippen LogP contribution >= 0.6 is 0 Å². The summed E-state index contributed by atoms with van der Waals surface area (Å²) in [6.45, 7) is 5.78. The zero-order valence-corrected chi connectivity index (χ0v) is 18.8. The molecule has 0 spiro atoms. The smallest absolute Gasteiger partial charge is 0.409 e. The lowest BCUT2D eigenvalue weighted by atomic mass is 9.90. The van der Waals surface area contributed by atoms with Crippen LogP contribution in [0.1, 0.15) is 34.1 Å². The van der Waals surface area contributed by atoms with E-state index >= 15 is 0 Å². The van der Waals surface area contributed by atoms with Crippen molar-refractivity contribution in [3.05, 3.63) is 59.0 Å². The van der Waals surface area contributed by atoms with E-state index in [1.807, 2.05) is 25.3 Å². The van der Waals surface area contributed by atoms with Crippen molar-refractivity contribution in [3.63, 3.8) is 0 Å². The number of ether oxygens (including phenoxy) is 1. The molecule has 0 atom stereocenters. The van der Waals surface area contributed by atoms with Crippen LogP contribution in [0.3, 0.4) is 0 Å². The summed E-state index contributed by atoms with van der Waals surface area (Å²) < 4.78 is 6.68. The number of fused-ring (bicyclic) bond motifs is 3. The number of amides is 2. The first-order valence-corrected chi connectivity index (χ1v) is 11.3. The largest absolute Gasteiger partial charge is 0.450 e. The predicted molar refractivity (Wildman–Crippen MR) is 121 cm³/mol. The Morgan fingerprint density at radius 2 is 1.73 bits per heavy atom. The fraction of sp³-hybridized carbons (Fsp3) is 0.375. The van der Waals surface area contributed by atoms with Crippen LogP contribution < -0.4 is 0 Å². The molecule has 2 aromatic heterocycles. The normalized spacial score (nSPS) is 15.1. The third-order valence-corrected chi connectivity index (χ3v) is 6.31. The number of nitrogens with zero attached hydrogens (tertiary/aromatic N) is 6. The summed E-state index contributed by atoms with van der Waals surface area (Å²) in [5, 5.41) is 4.43. The Bertz CT molecular complexity index is 1210. The molecule has 3 aromatic rings. The summed E-state index contributed by atoms with van der Waals surface area (Å²) in [6, 6.07) is 8.30. The van der Waals surface area contributed by atoms with Gasteiger partial charge in [0.25, 0.3) is 11.9 Å². The van der Waals surface area contributed by atoms with Crippen LogP contribution in [0.25, 0.3) is 17.2 Å². The molecule has 0 saturated carbocycles. The van der Waals surface area contributed by atoms with E-state index in [0.29, 0.717) is 50.0 Å². The Morgan fingerprint density at radius 3 is 2.52 bits per heavy atom. The van der Waals surface area contributed by atoms with Gasteiger partial charge in [0, 0.05) is 37.9 Å². The first-order chi connectivity index (χ1) is 16.1. The summed E-state index contributed by atoms with van der Waals surface area (Å²) in [5.41, 5.74) is 5.67. The molecule has 5 rings (SSSR count). The van der Waals surface area contributed by atoms with E-state index in [2.05, 4.69) is 22.2 Å². The zero-order valence-electron chi connectivity index (χ0n) is 18.8. The van der Waals surface area contributed by atoms with Gasteiger partial charge in [-0.3, -0.25) is 4.79 Å². The molecule has 1 fully saturated rings. The molecular weight excluding hydrogens is 420 g/mol. The lowest BCUT2D eigenvalue weighted by Crippen LogP contribution is -2.50. The highest BCUT2D eigenvalue weighted by atomic mass is 16.6. The number of benzene rings is 1. The maximum atomic E-state index is 13.2. The third-order valence-electron chi connectivity index (χ3n) is 6.31. The maximum Gasteiger partial charge on any atom is 0.409 e. The first-order valence-electron chi connectivity index (χ1n) is 11.3. The highest BCUT2D eigenvalue weighted by Gasteiger charge is 2.28. The van der Waals surface area contributed by atoms with Crippen molar-refractivity contribution in [2.45, 2.75) is 26.7 Å². The topological polar surface area (TPSA) is 93.5 Å². The first kappa shape index (κ1) is 21.1. The molecule has 9 nitrogen and oxygen atoms in total. The minimum Gasteiger partial charge on any atom is -0.450 e. The van der Waals surface area contributed by atoms with Crippen LogP contribution in [-0.2, 0) is 17.6 Å². The van der Waals surface area contributed by atoms with Gasteiger partial charge in [-0.15, -0.1) is 0 Å². The number of aryl methyl sites for hydroxylation is 2. The fourth-order valence-electron chi connectivity index (χ4n) is 4.45. The van der Waals surface area contributed by atoms with E-state index in [0.717, 1.165) is 29.7 Å². The van der Waals surface area contributed by atoms with Gasteiger partial charge in [-0.1, -0.05) is 24.3 Å². The summed E-state index contributed by atoms with van der Waals surface area (Å²) in [5.74, 6) is 0.347. The Labute approximate surface area is 192 Å². The second-order valence-electron chi connectivity index (χ2n) is 8.23. The minimum atomic E-state index is -0.334. The zero-order chi connectivity index (χ0) is 22.9. The molecule has 1 aromatic carbocycles. The lowest BCUT2D eigenvalue weighted by molar-refractivity contribution is 0.0570. The standard InChI is InChI=1S/C24H26N6O3/c1-3-33-24(32)29-12-10-28(11-13-29)22(31)20-15-26-30(16(20)2)23-25-14-18-9-8-17-6-4-5-7-19(17)21(18)27-23/h4-7,14-15H,3,8-13H2,1-2H3. The Balaban J connectivity index is 1.36. The number of hydrogen-bond donors (Lipinski definition) is 0. The Kier molecular flexibility index (Phi) is 5.53. The van der Waals surface area contributed by atoms with Crippen molar-refractivity contribution >= 4 is 12.0 Å². The van der Waals surface area contributed by atoms with Crippen LogP contribution in [0.15, 0.2) is 36.7 Å². The van der Waals surface area contributed by atoms with Crippen molar-refractivity contribution in [1.82, 2.24) is 29.5 Å². The summed E-state index contributed by atoms with van der Waals surface area (Å²) in [4.78, 5) is 37.8. The lowest BCUT2D eigenvalue weighted by Gasteiger charge is -2.34. The molecular formula is C24H26N6O3. The van der Waals surface area contributed by atoms with E-state index in [1.54, 1.807) is 27.6 Å². The van der Waals surface area contributed by atoms with E-state index < -0.39 is 0 Å². The molecule has 2 aliphatic rings. The van der Waals surface area contributed by atoms with Gasteiger partial charge in [0.1, 0.15) is 0 Å². The molecule has 1 aliphatic heterocycles. The molecule has 0 unspecified atom stereocenters. The summed E-state index contributed by atoms with van der Waals surface area (Å²) in [6.07, 6.45) is 5.00. The van der Waals surface area contributed by atoms with Crippen molar-refractivity contribution in [2.24, 2.45) is 0 Å². The van der Waals surface area contributed by atoms with Gasteiger partial charge in [-0.05, 0) is 37.8 Å². The quantitative estimate of drug-likeness (QED) is 0.614. The van der Waals surface area contributed by atoms with Gasteiger partial charge in [0.15, 0.2) is 0 Å². The van der Waals surface area contributed by atoms with Crippen molar-refractivity contribution in [2.75, 3.05) is 32.8 Å². The monoisotopic (exact) mass is 446 g/mol. The van der Waals surface area contributed by atoms with Gasteiger partial charge in [-0.2, -0.15) is 5.10 Å². The van der Waals surface area contributed by atoms with E-state index in [4.69, 9.17) is 9.72 Å². The molecule has 0 N–H and O–H groups in total. The number of aromatic nitrogens is 4. The van der Waals surface area contributed by atoms with Crippen LogP contribution in [0.5, 0.6) is 0 Å². The van der Waals surface area contributed by atoms with Crippen LogP contribution in [0.4, 0.5) is 4.79 Å². The highest BCUT2D eigenvalue weighted by molar-refractivity contribution is 5.95. The number of carbonyl (C=O) groups excluding carboxylic acids is 2. The second kappa shape index (κ2) is 8.65. The maximum absolute atomic E-state index is 13.2. The molecule has 9 heteroatoms. The Hall–Kier alpha value is -3.75. The number of hydrogen-bond acceptors (Lipinski definition) is 6. The Morgan fingerprint density at radius 1 is 1.00 bits per heavy atom. The van der Waals surface area contributed by atoms with E-state index in [1.165, 1.54) is 5.56 Å². The molecule has 0 radical (unpaired) electrons. The average molecular weight is 447 g/mol. The molecule has 170 valence electrons. The van der Waals surface area contributed by atoms with Crippen LogP contribution in [-0.4, -0.2) is 74.3 Å².